The van der Waals surface area contributed by atoms with Crippen molar-refractivity contribution in [2.45, 2.75) is 6.42 Å². The summed E-state index contributed by atoms with van der Waals surface area (Å²) in [5.41, 5.74) is 6.49. The van der Waals surface area contributed by atoms with E-state index in [-0.39, 0.29) is 12.3 Å². The van der Waals surface area contributed by atoms with Crippen LogP contribution < -0.4 is 10.6 Å². The van der Waals surface area contributed by atoms with Gasteiger partial charge in [-0.1, -0.05) is 24.8 Å². The summed E-state index contributed by atoms with van der Waals surface area (Å²) in [5, 5.41) is 0. The van der Waals surface area contributed by atoms with Gasteiger partial charge in [-0.25, -0.2) is 9.69 Å². The Bertz CT molecular complexity index is 429. The number of amides is 3. The number of rotatable bonds is 4. The van der Waals surface area contributed by atoms with Crippen LogP contribution in [0.1, 0.15) is 12.0 Å². The van der Waals surface area contributed by atoms with Crippen molar-refractivity contribution in [2.75, 3.05) is 10.8 Å². The SMILES string of the molecule is C=Cc1ccc(N(C(N)=O)C(=O)CCCl)cc1. The molecule has 90 valence electrons. The number of imide groups is 1. The highest BCUT2D eigenvalue weighted by Gasteiger charge is 2.19. The Kier molecular flexibility index (Phi) is 4.72. The Morgan fingerprint density at radius 3 is 2.35 bits per heavy atom. The van der Waals surface area contributed by atoms with E-state index < -0.39 is 11.9 Å². The van der Waals surface area contributed by atoms with Gasteiger partial charge in [-0.05, 0) is 17.7 Å². The monoisotopic (exact) mass is 252 g/mol. The van der Waals surface area contributed by atoms with Crippen molar-refractivity contribution in [1.29, 1.82) is 0 Å². The van der Waals surface area contributed by atoms with Gasteiger partial charge in [0.05, 0.1) is 5.69 Å². The molecule has 0 unspecified atom stereocenters. The third-order valence-corrected chi connectivity index (χ3v) is 2.35. The summed E-state index contributed by atoms with van der Waals surface area (Å²) in [6.07, 6.45) is 1.73. The Hall–Kier alpha value is -1.81. The summed E-state index contributed by atoms with van der Waals surface area (Å²) in [6.45, 7) is 3.62. The number of halogens is 1. The first-order valence-corrected chi connectivity index (χ1v) is 5.54. The number of nitrogens with zero attached hydrogens (tertiary/aromatic N) is 1. The third-order valence-electron chi connectivity index (χ3n) is 2.17. The van der Waals surface area contributed by atoms with E-state index >= 15 is 0 Å². The Balaban J connectivity index is 3.01. The first-order chi connectivity index (χ1) is 8.10. The molecule has 3 amide bonds. The second kappa shape index (κ2) is 6.06. The van der Waals surface area contributed by atoms with Crippen molar-refractivity contribution in [3.05, 3.63) is 36.4 Å². The quantitative estimate of drug-likeness (QED) is 0.836. The maximum absolute atomic E-state index is 11.7. The fourth-order valence-corrected chi connectivity index (χ4v) is 1.51. The van der Waals surface area contributed by atoms with Gasteiger partial charge < -0.3 is 5.73 Å². The molecule has 2 N–H and O–H groups in total. The first kappa shape index (κ1) is 13.3. The number of anilines is 1. The molecule has 0 heterocycles. The maximum atomic E-state index is 11.7. The molecule has 5 heteroatoms. The van der Waals surface area contributed by atoms with Crippen molar-refractivity contribution in [3.63, 3.8) is 0 Å². The van der Waals surface area contributed by atoms with Crippen molar-refractivity contribution < 1.29 is 9.59 Å². The van der Waals surface area contributed by atoms with Crippen LogP contribution >= 0.6 is 11.6 Å². The molecule has 0 aliphatic heterocycles. The standard InChI is InChI=1S/C12H13ClN2O2/c1-2-9-3-5-10(6-4-9)15(12(14)17)11(16)7-8-13/h2-6H,1,7-8H2,(H2,14,17). The van der Waals surface area contributed by atoms with Gasteiger partial charge in [0.2, 0.25) is 5.91 Å². The molecule has 4 nitrogen and oxygen atoms in total. The van der Waals surface area contributed by atoms with Gasteiger partial charge in [0.25, 0.3) is 0 Å². The molecular formula is C12H13ClN2O2. The summed E-state index contributed by atoms with van der Waals surface area (Å²) in [4.78, 5) is 23.8. The van der Waals surface area contributed by atoms with Gasteiger partial charge in [0.15, 0.2) is 0 Å². The number of urea groups is 1. The van der Waals surface area contributed by atoms with Crippen LogP contribution in [0.3, 0.4) is 0 Å². The lowest BCUT2D eigenvalue weighted by atomic mass is 10.2. The number of hydrogen-bond donors (Lipinski definition) is 1. The minimum absolute atomic E-state index is 0.0632. The van der Waals surface area contributed by atoms with Crippen LogP contribution in [0.15, 0.2) is 30.8 Å². The molecule has 0 bridgehead atoms. The van der Waals surface area contributed by atoms with Crippen molar-refractivity contribution in [2.24, 2.45) is 5.73 Å². The minimum atomic E-state index is -0.813. The van der Waals surface area contributed by atoms with E-state index in [0.717, 1.165) is 10.5 Å². The number of alkyl halides is 1. The Morgan fingerprint density at radius 2 is 1.94 bits per heavy atom. The van der Waals surface area contributed by atoms with Crippen LogP contribution in [-0.2, 0) is 4.79 Å². The zero-order valence-corrected chi connectivity index (χ0v) is 9.98. The van der Waals surface area contributed by atoms with E-state index in [1.165, 1.54) is 0 Å². The summed E-state index contributed by atoms with van der Waals surface area (Å²) in [6, 6.07) is 5.94. The van der Waals surface area contributed by atoms with E-state index in [1.807, 2.05) is 0 Å². The average Bonchev–Trinajstić information content (AvgIpc) is 2.30. The molecule has 1 rings (SSSR count). The van der Waals surface area contributed by atoms with Crippen molar-refractivity contribution >= 4 is 35.3 Å². The van der Waals surface area contributed by atoms with Crippen LogP contribution in [0, 0.1) is 0 Å². The second-order valence-corrected chi connectivity index (χ2v) is 3.68. The van der Waals surface area contributed by atoms with Crippen molar-refractivity contribution in [1.82, 2.24) is 0 Å². The normalized spacial score (nSPS) is 9.71. The molecule has 0 spiro atoms. The van der Waals surface area contributed by atoms with E-state index in [9.17, 15) is 9.59 Å². The summed E-state index contributed by atoms with van der Waals surface area (Å²) in [5.74, 6) is -0.272. The number of hydrogen-bond acceptors (Lipinski definition) is 2. The predicted octanol–water partition coefficient (Wildman–Crippen LogP) is 2.37. The minimum Gasteiger partial charge on any atom is -0.351 e. The van der Waals surface area contributed by atoms with E-state index in [2.05, 4.69) is 6.58 Å². The highest BCUT2D eigenvalue weighted by molar-refractivity contribution is 6.21. The smallest absolute Gasteiger partial charge is 0.326 e. The highest BCUT2D eigenvalue weighted by Crippen LogP contribution is 2.17. The van der Waals surface area contributed by atoms with Gasteiger partial charge in [-0.15, -0.1) is 11.6 Å². The lowest BCUT2D eigenvalue weighted by Gasteiger charge is -2.18. The summed E-state index contributed by atoms with van der Waals surface area (Å²) in [7, 11) is 0. The van der Waals surface area contributed by atoms with Gasteiger partial charge in [0, 0.05) is 12.3 Å². The van der Waals surface area contributed by atoms with Crippen LogP contribution in [0.25, 0.3) is 6.08 Å². The van der Waals surface area contributed by atoms with Gasteiger partial charge >= 0.3 is 6.03 Å². The number of primary amides is 1. The largest absolute Gasteiger partial charge is 0.351 e. The highest BCUT2D eigenvalue weighted by atomic mass is 35.5. The molecule has 0 saturated carbocycles. The Morgan fingerprint density at radius 1 is 1.35 bits per heavy atom. The van der Waals surface area contributed by atoms with Gasteiger partial charge in [-0.3, -0.25) is 4.79 Å². The Labute approximate surface area is 105 Å². The average molecular weight is 253 g/mol. The fraction of sp³-hybridized carbons (Fsp3) is 0.167. The molecule has 0 aromatic heterocycles. The number of benzene rings is 1. The number of carbonyl (C=O) groups is 2. The maximum Gasteiger partial charge on any atom is 0.326 e. The predicted molar refractivity (Wildman–Crippen MR) is 68.9 cm³/mol. The second-order valence-electron chi connectivity index (χ2n) is 3.30. The molecular weight excluding hydrogens is 240 g/mol. The van der Waals surface area contributed by atoms with Crippen molar-refractivity contribution in [3.8, 4) is 0 Å². The zero-order valence-electron chi connectivity index (χ0n) is 9.23. The van der Waals surface area contributed by atoms with Crippen LogP contribution in [0.4, 0.5) is 10.5 Å². The summed E-state index contributed by atoms with van der Waals surface area (Å²) >= 11 is 5.47. The topological polar surface area (TPSA) is 63.4 Å². The lowest BCUT2D eigenvalue weighted by molar-refractivity contribution is -0.117. The fourth-order valence-electron chi connectivity index (χ4n) is 1.35. The zero-order chi connectivity index (χ0) is 12.8. The van der Waals surface area contributed by atoms with E-state index in [4.69, 9.17) is 17.3 Å². The van der Waals surface area contributed by atoms with Crippen LogP contribution in [0.5, 0.6) is 0 Å². The molecule has 0 aliphatic rings. The van der Waals surface area contributed by atoms with E-state index in [1.54, 1.807) is 30.3 Å². The molecule has 1 aromatic rings. The summed E-state index contributed by atoms with van der Waals surface area (Å²) < 4.78 is 0. The van der Waals surface area contributed by atoms with Gasteiger partial charge in [0.1, 0.15) is 0 Å². The molecule has 0 aliphatic carbocycles. The molecule has 1 aromatic carbocycles. The molecule has 0 fully saturated rings. The van der Waals surface area contributed by atoms with Crippen LogP contribution in [-0.4, -0.2) is 17.8 Å². The van der Waals surface area contributed by atoms with Gasteiger partial charge in [-0.2, -0.15) is 0 Å². The van der Waals surface area contributed by atoms with Crippen LogP contribution in [0.2, 0.25) is 0 Å². The lowest BCUT2D eigenvalue weighted by Crippen LogP contribution is -2.40. The van der Waals surface area contributed by atoms with E-state index in [0.29, 0.717) is 5.69 Å². The molecule has 0 radical (unpaired) electrons. The molecule has 0 saturated heterocycles. The first-order valence-electron chi connectivity index (χ1n) is 5.01. The third kappa shape index (κ3) is 3.32. The number of nitrogens with two attached hydrogens (primary N) is 1. The number of carbonyl (C=O) groups excluding carboxylic acids is 2. The molecule has 0 atom stereocenters. The molecule has 17 heavy (non-hydrogen) atoms.